The van der Waals surface area contributed by atoms with Crippen LogP contribution in [0.25, 0.3) is 21.5 Å². The van der Waals surface area contributed by atoms with Crippen LogP contribution in [0.1, 0.15) is 27.0 Å². The van der Waals surface area contributed by atoms with Gasteiger partial charge >= 0.3 is 5.97 Å². The van der Waals surface area contributed by atoms with Crippen LogP contribution >= 0.6 is 0 Å². The molecule has 0 atom stereocenters. The van der Waals surface area contributed by atoms with E-state index in [1.807, 2.05) is 24.3 Å². The number of ether oxygens (including phenoxy) is 1. The molecule has 1 aliphatic rings. The third-order valence-electron chi connectivity index (χ3n) is 6.62. The minimum atomic E-state index is -1.48. The molecule has 170 valence electrons. The lowest BCUT2D eigenvalue weighted by molar-refractivity contribution is -0.384. The number of aromatic hydroxyl groups is 2. The Morgan fingerprint density at radius 1 is 0.686 bits per heavy atom. The molecular formula is C28H17NO6. The minimum absolute atomic E-state index is 0.0725. The number of esters is 1. The molecule has 0 radical (unpaired) electrons. The van der Waals surface area contributed by atoms with Crippen molar-refractivity contribution in [2.45, 2.75) is 5.60 Å². The highest BCUT2D eigenvalue weighted by Crippen LogP contribution is 2.52. The number of rotatable bonds is 3. The highest BCUT2D eigenvalue weighted by Gasteiger charge is 2.50. The van der Waals surface area contributed by atoms with Gasteiger partial charge in [-0.2, -0.15) is 0 Å². The smallest absolute Gasteiger partial charge is 0.340 e. The SMILES string of the molecule is O=C1OC(c2ccc(O)c3ccccc23)(c2ccc(O)c3ccccc23)c2ccc([N+](=O)[O-])cc21. The molecule has 0 amide bonds. The van der Waals surface area contributed by atoms with E-state index in [1.54, 1.807) is 54.6 Å². The highest BCUT2D eigenvalue weighted by molar-refractivity contribution is 6.02. The zero-order valence-electron chi connectivity index (χ0n) is 18.1. The Morgan fingerprint density at radius 3 is 1.69 bits per heavy atom. The Hall–Kier alpha value is -4.91. The summed E-state index contributed by atoms with van der Waals surface area (Å²) in [6.45, 7) is 0. The summed E-state index contributed by atoms with van der Waals surface area (Å²) in [5.41, 5.74) is 0.00336. The second-order valence-electron chi connectivity index (χ2n) is 8.41. The lowest BCUT2D eigenvalue weighted by Gasteiger charge is -2.32. The number of hydrogen-bond donors (Lipinski definition) is 2. The van der Waals surface area contributed by atoms with E-state index in [1.165, 1.54) is 12.1 Å². The zero-order chi connectivity index (χ0) is 24.3. The molecule has 7 heteroatoms. The molecule has 1 heterocycles. The predicted molar refractivity (Wildman–Crippen MR) is 130 cm³/mol. The first-order valence-corrected chi connectivity index (χ1v) is 10.9. The number of cyclic esters (lactones) is 1. The van der Waals surface area contributed by atoms with E-state index >= 15 is 0 Å². The number of phenols is 2. The van der Waals surface area contributed by atoms with Gasteiger partial charge in [0.25, 0.3) is 5.69 Å². The predicted octanol–water partition coefficient (Wildman–Crippen LogP) is 5.77. The van der Waals surface area contributed by atoms with E-state index in [0.717, 1.165) is 0 Å². The van der Waals surface area contributed by atoms with Gasteiger partial charge in [0, 0.05) is 39.6 Å². The van der Waals surface area contributed by atoms with Crippen molar-refractivity contribution in [2.75, 3.05) is 0 Å². The highest BCUT2D eigenvalue weighted by atomic mass is 16.6. The van der Waals surface area contributed by atoms with Crippen LogP contribution in [0.5, 0.6) is 11.5 Å². The van der Waals surface area contributed by atoms with Gasteiger partial charge in [0.2, 0.25) is 0 Å². The number of nitro groups is 1. The van der Waals surface area contributed by atoms with Crippen LogP contribution in [-0.4, -0.2) is 21.1 Å². The Kier molecular flexibility index (Phi) is 4.31. The fourth-order valence-electron chi connectivity index (χ4n) is 5.10. The van der Waals surface area contributed by atoms with Crippen LogP contribution in [0.15, 0.2) is 91.0 Å². The van der Waals surface area contributed by atoms with E-state index < -0.39 is 16.5 Å². The van der Waals surface area contributed by atoms with E-state index in [-0.39, 0.29) is 22.7 Å². The van der Waals surface area contributed by atoms with Crippen LogP contribution in [0.4, 0.5) is 5.69 Å². The van der Waals surface area contributed by atoms with Gasteiger partial charge < -0.3 is 14.9 Å². The molecule has 5 aromatic rings. The first-order valence-electron chi connectivity index (χ1n) is 10.9. The maximum atomic E-state index is 13.3. The summed E-state index contributed by atoms with van der Waals surface area (Å²) in [7, 11) is 0. The van der Waals surface area contributed by atoms with Gasteiger partial charge in [0.05, 0.1) is 10.5 Å². The maximum Gasteiger partial charge on any atom is 0.340 e. The van der Waals surface area contributed by atoms with Gasteiger partial charge in [-0.25, -0.2) is 4.79 Å². The molecule has 0 bridgehead atoms. The average molecular weight is 463 g/mol. The van der Waals surface area contributed by atoms with Crippen molar-refractivity contribution >= 4 is 33.2 Å². The summed E-state index contributed by atoms with van der Waals surface area (Å²) in [4.78, 5) is 24.1. The Balaban J connectivity index is 1.80. The molecule has 0 aliphatic carbocycles. The topological polar surface area (TPSA) is 110 Å². The third kappa shape index (κ3) is 2.81. The van der Waals surface area contributed by atoms with Crippen LogP contribution in [0.3, 0.4) is 0 Å². The van der Waals surface area contributed by atoms with Gasteiger partial charge in [-0.1, -0.05) is 48.5 Å². The standard InChI is InChI=1S/C28H17NO6/c30-25-13-11-22(17-5-1-3-7-19(17)25)28(23-12-14-26(31)20-8-4-2-6-18(20)23)24-10-9-16(29(33)34)15-21(24)27(32)35-28/h1-15,30-31H. The molecule has 0 unspecified atom stereocenters. The number of hydrogen-bond acceptors (Lipinski definition) is 6. The van der Waals surface area contributed by atoms with Crippen molar-refractivity contribution < 1.29 is 24.7 Å². The van der Waals surface area contributed by atoms with Crippen molar-refractivity contribution in [1.29, 1.82) is 0 Å². The summed E-state index contributed by atoms with van der Waals surface area (Å²) in [6, 6.07) is 25.0. The van der Waals surface area contributed by atoms with E-state index in [0.29, 0.717) is 38.2 Å². The van der Waals surface area contributed by atoms with Crippen molar-refractivity contribution in [1.82, 2.24) is 0 Å². The van der Waals surface area contributed by atoms with E-state index in [9.17, 15) is 25.1 Å². The second-order valence-corrected chi connectivity index (χ2v) is 8.41. The summed E-state index contributed by atoms with van der Waals surface area (Å²) in [5, 5.41) is 34.9. The fraction of sp³-hybridized carbons (Fsp3) is 0.0357. The van der Waals surface area contributed by atoms with Gasteiger partial charge in [0.1, 0.15) is 11.5 Å². The first kappa shape index (κ1) is 20.7. The Morgan fingerprint density at radius 2 is 1.17 bits per heavy atom. The van der Waals surface area contributed by atoms with Crippen molar-refractivity contribution in [3.8, 4) is 11.5 Å². The minimum Gasteiger partial charge on any atom is -0.507 e. The molecule has 0 saturated heterocycles. The van der Waals surface area contributed by atoms with E-state index in [4.69, 9.17) is 4.74 Å². The van der Waals surface area contributed by atoms with Crippen molar-refractivity contribution in [2.24, 2.45) is 0 Å². The number of benzene rings is 5. The van der Waals surface area contributed by atoms with Crippen LogP contribution in [0.2, 0.25) is 0 Å². The molecular weight excluding hydrogens is 446 g/mol. The summed E-state index contributed by atoms with van der Waals surface area (Å²) in [5.74, 6) is -0.551. The Labute approximate surface area is 198 Å². The number of nitrogens with zero attached hydrogens (tertiary/aromatic N) is 1. The average Bonchev–Trinajstić information content (AvgIpc) is 3.17. The molecule has 35 heavy (non-hydrogen) atoms. The van der Waals surface area contributed by atoms with Gasteiger partial charge in [-0.05, 0) is 41.1 Å². The van der Waals surface area contributed by atoms with Crippen LogP contribution in [-0.2, 0) is 10.3 Å². The number of phenolic OH excluding ortho intramolecular Hbond substituents is 2. The normalized spacial score (nSPS) is 14.1. The molecule has 1 aliphatic heterocycles. The number of fused-ring (bicyclic) bond motifs is 3. The van der Waals surface area contributed by atoms with Gasteiger partial charge in [-0.15, -0.1) is 0 Å². The zero-order valence-corrected chi connectivity index (χ0v) is 18.1. The van der Waals surface area contributed by atoms with Crippen LogP contribution < -0.4 is 0 Å². The summed E-state index contributed by atoms with van der Waals surface area (Å²) >= 11 is 0. The van der Waals surface area contributed by atoms with Gasteiger partial charge in [-0.3, -0.25) is 10.1 Å². The lowest BCUT2D eigenvalue weighted by Crippen LogP contribution is -2.30. The second kappa shape index (κ2) is 7.30. The first-order chi connectivity index (χ1) is 16.9. The number of carbonyl (C=O) groups excluding carboxylic acids is 1. The van der Waals surface area contributed by atoms with Gasteiger partial charge in [0.15, 0.2) is 5.60 Å². The summed E-state index contributed by atoms with van der Waals surface area (Å²) < 4.78 is 6.20. The Bertz CT molecular complexity index is 1620. The molecule has 5 aromatic carbocycles. The molecule has 0 spiro atoms. The quantitative estimate of drug-likeness (QED) is 0.200. The van der Waals surface area contributed by atoms with E-state index in [2.05, 4.69) is 0 Å². The molecule has 2 N–H and O–H groups in total. The summed E-state index contributed by atoms with van der Waals surface area (Å²) in [6.07, 6.45) is 0. The number of carbonyl (C=O) groups is 1. The molecule has 0 aromatic heterocycles. The molecule has 6 rings (SSSR count). The molecule has 7 nitrogen and oxygen atoms in total. The lowest BCUT2D eigenvalue weighted by atomic mass is 9.76. The van der Waals surface area contributed by atoms with Crippen LogP contribution in [0, 0.1) is 10.1 Å². The third-order valence-corrected chi connectivity index (χ3v) is 6.62. The fourth-order valence-corrected chi connectivity index (χ4v) is 5.10. The molecule has 0 fully saturated rings. The number of non-ortho nitro benzene ring substituents is 1. The monoisotopic (exact) mass is 463 g/mol. The largest absolute Gasteiger partial charge is 0.507 e. The maximum absolute atomic E-state index is 13.3. The van der Waals surface area contributed by atoms with Crippen molar-refractivity contribution in [3.05, 3.63) is 123 Å². The number of nitro benzene ring substituents is 1. The molecule has 0 saturated carbocycles. The van der Waals surface area contributed by atoms with Crippen molar-refractivity contribution in [3.63, 3.8) is 0 Å².